The predicted octanol–water partition coefficient (Wildman–Crippen LogP) is 0.686. The molecule has 1 aromatic rings. The molecule has 0 atom stereocenters. The van der Waals surface area contributed by atoms with Crippen molar-refractivity contribution < 1.29 is 0 Å². The van der Waals surface area contributed by atoms with Gasteiger partial charge in [0.1, 0.15) is 5.82 Å². The van der Waals surface area contributed by atoms with Crippen molar-refractivity contribution in [1.82, 2.24) is 14.8 Å². The van der Waals surface area contributed by atoms with Gasteiger partial charge in [-0.15, -0.1) is 35.0 Å². The number of aromatic nitrogens is 3. The summed E-state index contributed by atoms with van der Waals surface area (Å²) < 4.78 is 2.07. The zero-order valence-electron chi connectivity index (χ0n) is 6.27. The molecule has 7 heteroatoms. The van der Waals surface area contributed by atoms with Gasteiger partial charge in [-0.3, -0.25) is 0 Å². The molecule has 0 aromatic carbocycles. The molecule has 2 N–H and O–H groups in total. The minimum absolute atomic E-state index is 0. The molecule has 2 rings (SSSR count). The van der Waals surface area contributed by atoms with Gasteiger partial charge in [0, 0.05) is 12.3 Å². The van der Waals surface area contributed by atoms with Crippen LogP contribution >= 0.6 is 36.6 Å². The van der Waals surface area contributed by atoms with E-state index in [1.165, 1.54) is 0 Å². The molecule has 1 aliphatic rings. The third-order valence-corrected chi connectivity index (χ3v) is 2.47. The molecule has 0 saturated carbocycles. The SMILES string of the molecule is Cl.Cl.NCc1nnc2n1CCS2. The number of thioether (sulfide) groups is 1. The molecule has 0 saturated heterocycles. The molecule has 70 valence electrons. The maximum Gasteiger partial charge on any atom is 0.191 e. The Kier molecular flexibility index (Phi) is 4.92. The highest BCUT2D eigenvalue weighted by Gasteiger charge is 2.16. The second-order valence-electron chi connectivity index (χ2n) is 2.10. The summed E-state index contributed by atoms with van der Waals surface area (Å²) in [6, 6.07) is 0. The topological polar surface area (TPSA) is 56.7 Å². The van der Waals surface area contributed by atoms with Gasteiger partial charge in [0.2, 0.25) is 0 Å². The molecule has 0 spiro atoms. The average molecular weight is 229 g/mol. The minimum atomic E-state index is 0. The third-order valence-electron chi connectivity index (χ3n) is 1.52. The van der Waals surface area contributed by atoms with Gasteiger partial charge in [-0.05, 0) is 0 Å². The first-order valence-corrected chi connectivity index (χ1v) is 4.15. The van der Waals surface area contributed by atoms with E-state index in [0.29, 0.717) is 6.54 Å². The lowest BCUT2D eigenvalue weighted by molar-refractivity contribution is 0.673. The molecule has 12 heavy (non-hydrogen) atoms. The summed E-state index contributed by atoms with van der Waals surface area (Å²) in [5.41, 5.74) is 5.43. The predicted molar refractivity (Wildman–Crippen MR) is 53.1 cm³/mol. The van der Waals surface area contributed by atoms with Gasteiger partial charge >= 0.3 is 0 Å². The first kappa shape index (κ1) is 12.0. The van der Waals surface area contributed by atoms with Crippen LogP contribution in [0.1, 0.15) is 5.82 Å². The fourth-order valence-corrected chi connectivity index (χ4v) is 1.94. The number of nitrogens with two attached hydrogens (primary N) is 1. The maximum atomic E-state index is 5.43. The Morgan fingerprint density at radius 2 is 2.17 bits per heavy atom. The smallest absolute Gasteiger partial charge is 0.191 e. The van der Waals surface area contributed by atoms with Crippen LogP contribution in [-0.2, 0) is 13.1 Å². The van der Waals surface area contributed by atoms with Crippen LogP contribution in [0.2, 0.25) is 0 Å². The van der Waals surface area contributed by atoms with E-state index in [-0.39, 0.29) is 24.8 Å². The van der Waals surface area contributed by atoms with Crippen LogP contribution in [0.4, 0.5) is 0 Å². The van der Waals surface area contributed by atoms with Crippen LogP contribution in [0.25, 0.3) is 0 Å². The summed E-state index contributed by atoms with van der Waals surface area (Å²) in [5.74, 6) is 2.01. The van der Waals surface area contributed by atoms with Crippen LogP contribution in [-0.4, -0.2) is 20.5 Å². The molecular formula is C5H10Cl2N4S. The van der Waals surface area contributed by atoms with Gasteiger partial charge in [0.25, 0.3) is 0 Å². The van der Waals surface area contributed by atoms with Gasteiger partial charge in [0.15, 0.2) is 5.16 Å². The normalized spacial score (nSPS) is 13.1. The summed E-state index contributed by atoms with van der Waals surface area (Å²) in [6.07, 6.45) is 0. The number of nitrogens with zero attached hydrogens (tertiary/aromatic N) is 3. The van der Waals surface area contributed by atoms with Crippen LogP contribution in [0.3, 0.4) is 0 Å². The highest BCUT2D eigenvalue weighted by Crippen LogP contribution is 2.23. The Labute approximate surface area is 87.1 Å². The van der Waals surface area contributed by atoms with Gasteiger partial charge in [-0.2, -0.15) is 0 Å². The highest BCUT2D eigenvalue weighted by atomic mass is 35.5. The fourth-order valence-electron chi connectivity index (χ4n) is 1.03. The molecule has 0 unspecified atom stereocenters. The lowest BCUT2D eigenvalue weighted by atomic mass is 10.6. The Morgan fingerprint density at radius 3 is 2.83 bits per heavy atom. The quantitative estimate of drug-likeness (QED) is 0.769. The van der Waals surface area contributed by atoms with Crippen molar-refractivity contribution in [3.8, 4) is 0 Å². The minimum Gasteiger partial charge on any atom is -0.324 e. The largest absolute Gasteiger partial charge is 0.324 e. The molecule has 1 aliphatic heterocycles. The zero-order valence-corrected chi connectivity index (χ0v) is 8.71. The molecule has 0 bridgehead atoms. The summed E-state index contributed by atoms with van der Waals surface area (Å²) in [7, 11) is 0. The van der Waals surface area contributed by atoms with Crippen molar-refractivity contribution in [1.29, 1.82) is 0 Å². The molecule has 4 nitrogen and oxygen atoms in total. The first-order valence-electron chi connectivity index (χ1n) is 3.17. The van der Waals surface area contributed by atoms with Crippen molar-refractivity contribution in [2.45, 2.75) is 18.2 Å². The molecule has 0 radical (unpaired) electrons. The van der Waals surface area contributed by atoms with Gasteiger partial charge < -0.3 is 10.3 Å². The number of hydrogen-bond acceptors (Lipinski definition) is 4. The van der Waals surface area contributed by atoms with Crippen molar-refractivity contribution in [3.05, 3.63) is 5.82 Å². The molecule has 0 fully saturated rings. The zero-order chi connectivity index (χ0) is 6.97. The summed E-state index contributed by atoms with van der Waals surface area (Å²) in [5, 5.41) is 8.90. The lowest BCUT2D eigenvalue weighted by Gasteiger charge is -1.95. The van der Waals surface area contributed by atoms with Crippen LogP contribution < -0.4 is 5.73 Å². The number of fused-ring (bicyclic) bond motifs is 1. The molecule has 0 aliphatic carbocycles. The average Bonchev–Trinajstić information content (AvgIpc) is 2.44. The van der Waals surface area contributed by atoms with Gasteiger partial charge in [0.05, 0.1) is 6.54 Å². The second kappa shape index (κ2) is 4.91. The highest BCUT2D eigenvalue weighted by molar-refractivity contribution is 7.99. The van der Waals surface area contributed by atoms with E-state index >= 15 is 0 Å². The monoisotopic (exact) mass is 228 g/mol. The Balaban J connectivity index is 0.000000605. The van der Waals surface area contributed by atoms with E-state index in [1.807, 2.05) is 0 Å². The van der Waals surface area contributed by atoms with E-state index in [2.05, 4.69) is 14.8 Å². The van der Waals surface area contributed by atoms with Crippen molar-refractivity contribution in [2.75, 3.05) is 5.75 Å². The third kappa shape index (κ3) is 1.85. The van der Waals surface area contributed by atoms with Crippen LogP contribution in [0.5, 0.6) is 0 Å². The maximum absolute atomic E-state index is 5.43. The van der Waals surface area contributed by atoms with Gasteiger partial charge in [-0.25, -0.2) is 0 Å². The van der Waals surface area contributed by atoms with E-state index in [4.69, 9.17) is 5.73 Å². The lowest BCUT2D eigenvalue weighted by Crippen LogP contribution is -2.06. The fraction of sp³-hybridized carbons (Fsp3) is 0.600. The summed E-state index contributed by atoms with van der Waals surface area (Å²) in [4.78, 5) is 0. The van der Waals surface area contributed by atoms with E-state index < -0.39 is 0 Å². The molecular weight excluding hydrogens is 219 g/mol. The van der Waals surface area contributed by atoms with Crippen LogP contribution in [0.15, 0.2) is 5.16 Å². The summed E-state index contributed by atoms with van der Waals surface area (Å²) in [6.45, 7) is 1.51. The second-order valence-corrected chi connectivity index (χ2v) is 3.17. The molecule has 1 aromatic heterocycles. The van der Waals surface area contributed by atoms with Gasteiger partial charge in [-0.1, -0.05) is 11.8 Å². The Bertz CT molecular complexity index is 252. The van der Waals surface area contributed by atoms with E-state index in [9.17, 15) is 0 Å². The Hall–Kier alpha value is 0.0300. The molecule has 2 heterocycles. The van der Waals surface area contributed by atoms with Crippen molar-refractivity contribution >= 4 is 36.6 Å². The van der Waals surface area contributed by atoms with E-state index in [1.54, 1.807) is 11.8 Å². The van der Waals surface area contributed by atoms with E-state index in [0.717, 1.165) is 23.3 Å². The van der Waals surface area contributed by atoms with Crippen molar-refractivity contribution in [2.24, 2.45) is 5.73 Å². The number of hydrogen-bond donors (Lipinski definition) is 1. The Morgan fingerprint density at radius 1 is 1.42 bits per heavy atom. The molecule has 0 amide bonds. The van der Waals surface area contributed by atoms with Crippen LogP contribution in [0, 0.1) is 0 Å². The number of rotatable bonds is 1. The van der Waals surface area contributed by atoms with Crippen molar-refractivity contribution in [3.63, 3.8) is 0 Å². The standard InChI is InChI=1S/C5H8N4S.2ClH/c6-3-4-7-8-5-9(4)1-2-10-5;;/h1-3,6H2;2*1H. The first-order chi connectivity index (χ1) is 4.92. The summed E-state index contributed by atoms with van der Waals surface area (Å²) >= 11 is 1.74. The number of halogens is 2.